The van der Waals surface area contributed by atoms with Crippen LogP contribution >= 0.6 is 0 Å². The van der Waals surface area contributed by atoms with Gasteiger partial charge in [0.05, 0.1) is 0 Å². The monoisotopic (exact) mass is 175 g/mol. The van der Waals surface area contributed by atoms with E-state index in [4.69, 9.17) is 0 Å². The molecule has 0 bridgehead atoms. The molecule has 1 nitrogen and oxygen atoms in total. The highest BCUT2D eigenvalue weighted by atomic mass is 16.3. The Morgan fingerprint density at radius 3 is 2.23 bits per heavy atom. The Bertz CT molecular complexity index is 293. The summed E-state index contributed by atoms with van der Waals surface area (Å²) in [7, 11) is 0. The van der Waals surface area contributed by atoms with Crippen molar-refractivity contribution in [1.82, 2.24) is 0 Å². The van der Waals surface area contributed by atoms with E-state index in [1.165, 1.54) is 5.56 Å². The quantitative estimate of drug-likeness (QED) is 0.658. The van der Waals surface area contributed by atoms with Gasteiger partial charge in [0, 0.05) is 0 Å². The molecule has 1 aromatic rings. The van der Waals surface area contributed by atoms with Gasteiger partial charge in [-0.2, -0.15) is 0 Å². The molecule has 1 aliphatic rings. The van der Waals surface area contributed by atoms with Gasteiger partial charge in [0.15, 0.2) is 0 Å². The lowest BCUT2D eigenvalue weighted by atomic mass is 9.90. The molecule has 0 spiro atoms. The molecule has 1 radical (unpaired) electrons. The molecule has 1 heteroatoms. The lowest BCUT2D eigenvalue weighted by molar-refractivity contribution is -0.0382. The third kappa shape index (κ3) is 1.61. The molecule has 69 valence electrons. The average Bonchev–Trinajstić information content (AvgIpc) is 2.87. The second-order valence-electron chi connectivity index (χ2n) is 4.25. The van der Waals surface area contributed by atoms with Crippen LogP contribution in [0.15, 0.2) is 24.3 Å². The number of aryl methyl sites for hydroxylation is 1. The van der Waals surface area contributed by atoms with Gasteiger partial charge in [-0.15, -0.1) is 0 Å². The van der Waals surface area contributed by atoms with Crippen LogP contribution in [0.1, 0.15) is 30.9 Å². The van der Waals surface area contributed by atoms with E-state index < -0.39 is 5.60 Å². The van der Waals surface area contributed by atoms with Crippen molar-refractivity contribution in [2.24, 2.45) is 5.92 Å². The molecule has 0 saturated heterocycles. The fourth-order valence-electron chi connectivity index (χ4n) is 1.75. The summed E-state index contributed by atoms with van der Waals surface area (Å²) in [6.45, 7) is 3.86. The van der Waals surface area contributed by atoms with Crippen LogP contribution < -0.4 is 0 Å². The van der Waals surface area contributed by atoms with Crippen molar-refractivity contribution in [3.63, 3.8) is 0 Å². The number of hydrogen-bond donors (Lipinski definition) is 0. The molecular formula is C12H15O. The van der Waals surface area contributed by atoms with Gasteiger partial charge in [-0.25, -0.2) is 5.11 Å². The first-order valence-electron chi connectivity index (χ1n) is 4.88. The van der Waals surface area contributed by atoms with Crippen LogP contribution in [0.3, 0.4) is 0 Å². The second kappa shape index (κ2) is 2.85. The van der Waals surface area contributed by atoms with Gasteiger partial charge >= 0.3 is 0 Å². The van der Waals surface area contributed by atoms with Gasteiger partial charge in [-0.3, -0.25) is 0 Å². The van der Waals surface area contributed by atoms with E-state index in [2.05, 4.69) is 0 Å². The Kier molecular flexibility index (Phi) is 1.92. The molecule has 2 rings (SSSR count). The maximum Gasteiger partial charge on any atom is 0.128 e. The van der Waals surface area contributed by atoms with Crippen LogP contribution in [0, 0.1) is 12.8 Å². The molecule has 0 N–H and O–H groups in total. The summed E-state index contributed by atoms with van der Waals surface area (Å²) in [5.41, 5.74) is 1.31. The normalized spacial score (nSPS) is 21.2. The first-order valence-corrected chi connectivity index (χ1v) is 4.88. The van der Waals surface area contributed by atoms with Crippen LogP contribution in [-0.4, -0.2) is 0 Å². The molecule has 0 aliphatic heterocycles. The first-order chi connectivity index (χ1) is 6.10. The molecule has 13 heavy (non-hydrogen) atoms. The van der Waals surface area contributed by atoms with Crippen molar-refractivity contribution in [2.75, 3.05) is 0 Å². The number of rotatable bonds is 2. The van der Waals surface area contributed by atoms with E-state index >= 15 is 0 Å². The Labute approximate surface area is 79.4 Å². The topological polar surface area (TPSA) is 19.9 Å². The molecule has 1 fully saturated rings. The van der Waals surface area contributed by atoms with E-state index in [9.17, 15) is 5.11 Å². The minimum Gasteiger partial charge on any atom is -0.224 e. The maximum atomic E-state index is 12.2. The fourth-order valence-corrected chi connectivity index (χ4v) is 1.75. The predicted molar refractivity (Wildman–Crippen MR) is 51.9 cm³/mol. The minimum absolute atomic E-state index is 0.371. The summed E-state index contributed by atoms with van der Waals surface area (Å²) in [4.78, 5) is 0. The highest BCUT2D eigenvalue weighted by Crippen LogP contribution is 2.45. The predicted octanol–water partition coefficient (Wildman–Crippen LogP) is 3.05. The molecule has 0 amide bonds. The Morgan fingerprint density at radius 2 is 1.77 bits per heavy atom. The molecule has 0 heterocycles. The standard InChI is InChI=1S/C12H15O/c1-9-3-5-10(6-4-9)12(2,13)11-7-8-11/h3-6,11H,7-8H2,1-2H3. The summed E-state index contributed by atoms with van der Waals surface area (Å²) >= 11 is 0. The lowest BCUT2D eigenvalue weighted by Gasteiger charge is -2.20. The average molecular weight is 175 g/mol. The lowest BCUT2D eigenvalue weighted by Crippen LogP contribution is -2.21. The minimum atomic E-state index is -0.853. The van der Waals surface area contributed by atoms with Crippen LogP contribution in [-0.2, 0) is 10.7 Å². The highest BCUT2D eigenvalue weighted by Gasteiger charge is 2.42. The van der Waals surface area contributed by atoms with Crippen molar-refractivity contribution in [3.05, 3.63) is 35.4 Å². The van der Waals surface area contributed by atoms with Gasteiger partial charge in [0.25, 0.3) is 0 Å². The Hall–Kier alpha value is -0.820. The zero-order valence-corrected chi connectivity index (χ0v) is 8.21. The summed E-state index contributed by atoms with van der Waals surface area (Å²) in [6, 6.07) is 7.99. The van der Waals surface area contributed by atoms with E-state index in [-0.39, 0.29) is 0 Å². The van der Waals surface area contributed by atoms with Gasteiger partial charge in [-0.05, 0) is 38.2 Å². The van der Waals surface area contributed by atoms with Crippen LogP contribution in [0.4, 0.5) is 0 Å². The van der Waals surface area contributed by atoms with Crippen molar-refractivity contribution in [1.29, 1.82) is 0 Å². The largest absolute Gasteiger partial charge is 0.224 e. The fraction of sp³-hybridized carbons (Fsp3) is 0.500. The van der Waals surface area contributed by atoms with Crippen molar-refractivity contribution < 1.29 is 5.11 Å². The molecule has 1 saturated carbocycles. The maximum absolute atomic E-state index is 12.2. The Balaban J connectivity index is 2.28. The molecule has 1 atom stereocenters. The van der Waals surface area contributed by atoms with Crippen molar-refractivity contribution in [3.8, 4) is 0 Å². The number of hydrogen-bond acceptors (Lipinski definition) is 0. The third-order valence-electron chi connectivity index (χ3n) is 2.98. The van der Waals surface area contributed by atoms with Crippen molar-refractivity contribution >= 4 is 0 Å². The second-order valence-corrected chi connectivity index (χ2v) is 4.25. The van der Waals surface area contributed by atoms with Crippen molar-refractivity contribution in [2.45, 2.75) is 32.3 Å². The molecular weight excluding hydrogens is 160 g/mol. The summed E-state index contributed by atoms with van der Waals surface area (Å²) in [6.07, 6.45) is 2.21. The summed E-state index contributed by atoms with van der Waals surface area (Å²) in [5.74, 6) is 0.371. The molecule has 1 aliphatic carbocycles. The first kappa shape index (κ1) is 8.76. The zero-order chi connectivity index (χ0) is 9.47. The van der Waals surface area contributed by atoms with Crippen LogP contribution in [0.25, 0.3) is 0 Å². The van der Waals surface area contributed by atoms with Gasteiger partial charge < -0.3 is 0 Å². The third-order valence-corrected chi connectivity index (χ3v) is 2.98. The van der Waals surface area contributed by atoms with Gasteiger partial charge in [-0.1, -0.05) is 29.8 Å². The summed E-state index contributed by atoms with van der Waals surface area (Å²) in [5, 5.41) is 12.2. The zero-order valence-electron chi connectivity index (χ0n) is 8.21. The van der Waals surface area contributed by atoms with Crippen LogP contribution in [0.5, 0.6) is 0 Å². The van der Waals surface area contributed by atoms with E-state index in [0.29, 0.717) is 5.92 Å². The highest BCUT2D eigenvalue weighted by molar-refractivity contribution is 5.27. The van der Waals surface area contributed by atoms with Gasteiger partial charge in [0.1, 0.15) is 5.60 Å². The molecule has 1 unspecified atom stereocenters. The number of benzene rings is 1. The van der Waals surface area contributed by atoms with Gasteiger partial charge in [0.2, 0.25) is 0 Å². The molecule has 1 aromatic carbocycles. The van der Waals surface area contributed by atoms with E-state index in [0.717, 1.165) is 18.4 Å². The van der Waals surface area contributed by atoms with E-state index in [1.54, 1.807) is 0 Å². The SMILES string of the molecule is Cc1ccc(C(C)([O])C2CC2)cc1. The Morgan fingerprint density at radius 1 is 1.23 bits per heavy atom. The smallest absolute Gasteiger partial charge is 0.128 e. The summed E-state index contributed by atoms with van der Waals surface area (Å²) < 4.78 is 0. The molecule has 0 aromatic heterocycles. The van der Waals surface area contributed by atoms with E-state index in [1.807, 2.05) is 38.1 Å². The van der Waals surface area contributed by atoms with Crippen LogP contribution in [0.2, 0.25) is 0 Å².